The molecule has 0 saturated heterocycles. The second kappa shape index (κ2) is 8.65. The number of carbonyl (C=O) groups excluding carboxylic acids is 1. The van der Waals surface area contributed by atoms with Gasteiger partial charge in [0.1, 0.15) is 5.82 Å². The summed E-state index contributed by atoms with van der Waals surface area (Å²) in [6.45, 7) is 1.72. The molecule has 2 heterocycles. The van der Waals surface area contributed by atoms with E-state index in [1.165, 1.54) is 18.3 Å². The lowest BCUT2D eigenvalue weighted by Crippen LogP contribution is -2.24. The second-order valence-corrected chi connectivity index (χ2v) is 6.75. The van der Waals surface area contributed by atoms with E-state index in [-0.39, 0.29) is 17.8 Å². The van der Waals surface area contributed by atoms with Crippen molar-refractivity contribution in [2.45, 2.75) is 19.4 Å². The van der Waals surface area contributed by atoms with Crippen molar-refractivity contribution in [3.63, 3.8) is 0 Å². The number of amides is 1. The third-order valence-electron chi connectivity index (χ3n) is 4.86. The normalized spacial score (nSPS) is 16.0. The van der Waals surface area contributed by atoms with Crippen LogP contribution >= 0.6 is 0 Å². The Labute approximate surface area is 173 Å². The van der Waals surface area contributed by atoms with E-state index in [2.05, 4.69) is 15.5 Å². The lowest BCUT2D eigenvalue weighted by molar-refractivity contribution is 0.0955. The van der Waals surface area contributed by atoms with Crippen molar-refractivity contribution < 1.29 is 9.18 Å². The summed E-state index contributed by atoms with van der Waals surface area (Å²) in [6, 6.07) is 17.7. The summed E-state index contributed by atoms with van der Waals surface area (Å²) >= 11 is 0. The van der Waals surface area contributed by atoms with Crippen molar-refractivity contribution in [3.8, 4) is 0 Å². The summed E-state index contributed by atoms with van der Waals surface area (Å²) in [5, 5.41) is 10.4. The zero-order valence-electron chi connectivity index (χ0n) is 16.4. The second-order valence-electron chi connectivity index (χ2n) is 6.75. The van der Waals surface area contributed by atoms with Crippen LogP contribution in [0.25, 0.3) is 0 Å². The Morgan fingerprint density at radius 1 is 1.17 bits per heavy atom. The molecule has 150 valence electrons. The average Bonchev–Trinajstić information content (AvgIpc) is 3.24. The van der Waals surface area contributed by atoms with E-state index < -0.39 is 0 Å². The summed E-state index contributed by atoms with van der Waals surface area (Å²) in [6.07, 6.45) is 5.30. The number of rotatable bonds is 5. The van der Waals surface area contributed by atoms with Crippen molar-refractivity contribution in [2.24, 2.45) is 10.2 Å². The standard InChI is InChI=1S/C23H20FN5O/c1-2-26-27-23(30)19-12-13-25-15-22(19)29-21(17-6-4-3-5-7-17)14-20(28-29)16-8-10-18(24)11-9-16/h2-13,15,21H,14H2,1H3,(H,27,30). The number of carbonyl (C=O) groups is 1. The molecule has 0 saturated carbocycles. The van der Waals surface area contributed by atoms with Crippen LogP contribution in [0, 0.1) is 5.82 Å². The molecule has 6 nitrogen and oxygen atoms in total. The number of nitrogens with zero attached hydrogens (tertiary/aromatic N) is 4. The molecule has 1 N–H and O–H groups in total. The molecular weight excluding hydrogens is 381 g/mol. The lowest BCUT2D eigenvalue weighted by Gasteiger charge is -2.25. The van der Waals surface area contributed by atoms with E-state index in [4.69, 9.17) is 5.10 Å². The van der Waals surface area contributed by atoms with Gasteiger partial charge in [-0.15, -0.1) is 0 Å². The maximum absolute atomic E-state index is 13.4. The number of hydrogen-bond donors (Lipinski definition) is 1. The zero-order valence-corrected chi connectivity index (χ0v) is 16.4. The van der Waals surface area contributed by atoms with Crippen LogP contribution in [0.5, 0.6) is 0 Å². The summed E-state index contributed by atoms with van der Waals surface area (Å²) in [4.78, 5) is 16.9. The molecule has 0 aliphatic carbocycles. The Hall–Kier alpha value is -3.87. The number of nitrogens with one attached hydrogen (secondary N) is 1. The Kier molecular flexibility index (Phi) is 5.61. The van der Waals surface area contributed by atoms with Gasteiger partial charge in [0.05, 0.1) is 29.2 Å². The first-order valence-electron chi connectivity index (χ1n) is 9.57. The van der Waals surface area contributed by atoms with Crippen LogP contribution in [0.2, 0.25) is 0 Å². The fourth-order valence-electron chi connectivity index (χ4n) is 3.43. The van der Waals surface area contributed by atoms with Gasteiger partial charge < -0.3 is 0 Å². The monoisotopic (exact) mass is 401 g/mol. The molecule has 1 unspecified atom stereocenters. The summed E-state index contributed by atoms with van der Waals surface area (Å²) in [7, 11) is 0. The zero-order chi connectivity index (χ0) is 20.9. The van der Waals surface area contributed by atoms with Gasteiger partial charge in [0.2, 0.25) is 0 Å². The smallest absolute Gasteiger partial charge is 0.267 e. The van der Waals surface area contributed by atoms with E-state index in [1.54, 1.807) is 37.5 Å². The Bertz CT molecular complexity index is 1100. The van der Waals surface area contributed by atoms with Crippen LogP contribution in [0.4, 0.5) is 10.1 Å². The number of anilines is 1. The van der Waals surface area contributed by atoms with E-state index in [0.717, 1.165) is 16.8 Å². The fourth-order valence-corrected chi connectivity index (χ4v) is 3.43. The molecule has 1 aliphatic heterocycles. The third-order valence-corrected chi connectivity index (χ3v) is 4.86. The average molecular weight is 401 g/mol. The molecule has 4 rings (SSSR count). The van der Waals surface area contributed by atoms with Crippen LogP contribution in [0.15, 0.2) is 83.3 Å². The van der Waals surface area contributed by atoms with E-state index in [1.807, 2.05) is 35.3 Å². The minimum Gasteiger partial charge on any atom is -0.267 e. The largest absolute Gasteiger partial charge is 0.273 e. The van der Waals surface area contributed by atoms with E-state index >= 15 is 0 Å². The van der Waals surface area contributed by atoms with Crippen LogP contribution in [0.3, 0.4) is 0 Å². The highest BCUT2D eigenvalue weighted by Gasteiger charge is 2.32. The number of hydrogen-bond acceptors (Lipinski definition) is 5. The number of benzene rings is 2. The number of hydrazone groups is 2. The summed E-state index contributed by atoms with van der Waals surface area (Å²) in [5.41, 5.74) is 6.20. The third kappa shape index (κ3) is 3.96. The molecule has 0 bridgehead atoms. The van der Waals surface area contributed by atoms with Crippen molar-refractivity contribution in [1.82, 2.24) is 10.4 Å². The number of halogens is 1. The molecule has 7 heteroatoms. The van der Waals surface area contributed by atoms with E-state index in [0.29, 0.717) is 17.7 Å². The van der Waals surface area contributed by atoms with Crippen molar-refractivity contribution in [3.05, 3.63) is 95.6 Å². The van der Waals surface area contributed by atoms with Crippen LogP contribution in [-0.2, 0) is 0 Å². The molecule has 1 atom stereocenters. The Morgan fingerprint density at radius 3 is 2.67 bits per heavy atom. The van der Waals surface area contributed by atoms with Gasteiger partial charge in [0.15, 0.2) is 0 Å². The molecule has 30 heavy (non-hydrogen) atoms. The maximum Gasteiger partial charge on any atom is 0.273 e. The number of pyridine rings is 1. The Balaban J connectivity index is 1.78. The first-order valence-corrected chi connectivity index (χ1v) is 9.57. The SMILES string of the molecule is CC=NNC(=O)c1ccncc1N1N=C(c2ccc(F)cc2)CC1c1ccccc1. The topological polar surface area (TPSA) is 70.0 Å². The molecule has 0 spiro atoms. The maximum atomic E-state index is 13.4. The fraction of sp³-hybridized carbons (Fsp3) is 0.130. The minimum absolute atomic E-state index is 0.128. The van der Waals surface area contributed by atoms with Gasteiger partial charge in [-0.2, -0.15) is 10.2 Å². The van der Waals surface area contributed by atoms with Crippen LogP contribution in [0.1, 0.15) is 40.9 Å². The Morgan fingerprint density at radius 2 is 1.93 bits per heavy atom. The molecule has 1 amide bonds. The van der Waals surface area contributed by atoms with Gasteiger partial charge in [-0.1, -0.05) is 42.5 Å². The first kappa shape index (κ1) is 19.4. The molecule has 2 aromatic carbocycles. The van der Waals surface area contributed by atoms with Crippen LogP contribution in [-0.4, -0.2) is 22.8 Å². The van der Waals surface area contributed by atoms with Crippen molar-refractivity contribution >= 4 is 23.5 Å². The van der Waals surface area contributed by atoms with Gasteiger partial charge in [0.25, 0.3) is 5.91 Å². The van der Waals surface area contributed by atoms with Gasteiger partial charge in [-0.3, -0.25) is 14.8 Å². The van der Waals surface area contributed by atoms with E-state index in [9.17, 15) is 9.18 Å². The molecule has 0 radical (unpaired) electrons. The van der Waals surface area contributed by atoms with Crippen LogP contribution < -0.4 is 10.4 Å². The predicted octanol–water partition coefficient (Wildman–Crippen LogP) is 4.31. The first-order chi connectivity index (χ1) is 14.7. The number of aromatic nitrogens is 1. The molecule has 0 fully saturated rings. The summed E-state index contributed by atoms with van der Waals surface area (Å²) in [5.74, 6) is -0.640. The molecular formula is C23H20FN5O. The quantitative estimate of drug-likeness (QED) is 0.512. The van der Waals surface area contributed by atoms with Gasteiger partial charge in [0, 0.05) is 18.8 Å². The molecule has 3 aromatic rings. The molecule has 1 aliphatic rings. The minimum atomic E-state index is -0.345. The highest BCUT2D eigenvalue weighted by atomic mass is 19.1. The van der Waals surface area contributed by atoms with Gasteiger partial charge in [-0.25, -0.2) is 9.82 Å². The highest BCUT2D eigenvalue weighted by Crippen LogP contribution is 2.37. The summed E-state index contributed by atoms with van der Waals surface area (Å²) < 4.78 is 13.4. The van der Waals surface area contributed by atoms with Gasteiger partial charge >= 0.3 is 0 Å². The van der Waals surface area contributed by atoms with Gasteiger partial charge in [-0.05, 0) is 36.2 Å². The van der Waals surface area contributed by atoms with Crippen molar-refractivity contribution in [1.29, 1.82) is 0 Å². The lowest BCUT2D eigenvalue weighted by atomic mass is 9.98. The molecule has 1 aromatic heterocycles. The highest BCUT2D eigenvalue weighted by molar-refractivity contribution is 6.05. The van der Waals surface area contributed by atoms with Crippen molar-refractivity contribution in [2.75, 3.05) is 5.01 Å². The predicted molar refractivity (Wildman–Crippen MR) is 115 cm³/mol.